The molecule has 1 aliphatic heterocycles. The molecule has 0 aromatic heterocycles. The Morgan fingerprint density at radius 2 is 2.00 bits per heavy atom. The molecule has 6 heteroatoms. The molecule has 1 saturated heterocycles. The summed E-state index contributed by atoms with van der Waals surface area (Å²) in [7, 11) is 0. The molecule has 1 aromatic carbocycles. The van der Waals surface area contributed by atoms with Crippen molar-refractivity contribution in [2.75, 3.05) is 0 Å². The maximum atomic E-state index is 12.1. The van der Waals surface area contributed by atoms with Crippen LogP contribution in [0.25, 0.3) is 0 Å². The molecule has 1 atom stereocenters. The van der Waals surface area contributed by atoms with E-state index in [-0.39, 0.29) is 5.91 Å². The van der Waals surface area contributed by atoms with Gasteiger partial charge in [0.05, 0.1) is 6.21 Å². The summed E-state index contributed by atoms with van der Waals surface area (Å²) >= 11 is 5.77. The number of imide groups is 1. The van der Waals surface area contributed by atoms with Gasteiger partial charge in [-0.15, -0.1) is 5.01 Å². The highest BCUT2D eigenvalue weighted by Gasteiger charge is 2.46. The lowest BCUT2D eigenvalue weighted by atomic mass is 10.00. The van der Waals surface area contributed by atoms with E-state index in [1.165, 1.54) is 6.21 Å². The van der Waals surface area contributed by atoms with Crippen molar-refractivity contribution >= 4 is 29.8 Å². The number of urea groups is 1. The molecule has 1 aliphatic rings. The SMILES string of the molecule is CCC1(C)NC(=O)N(/N=C/c2ccc(Cl)cc2)C1=O. The van der Waals surface area contributed by atoms with Gasteiger partial charge in [0.25, 0.3) is 5.91 Å². The number of nitrogens with zero attached hydrogens (tertiary/aromatic N) is 2. The molecule has 19 heavy (non-hydrogen) atoms. The molecular weight excluding hydrogens is 266 g/mol. The number of benzene rings is 1. The van der Waals surface area contributed by atoms with Gasteiger partial charge in [0, 0.05) is 5.02 Å². The number of hydrogen-bond acceptors (Lipinski definition) is 3. The molecule has 1 heterocycles. The average molecular weight is 280 g/mol. The van der Waals surface area contributed by atoms with Gasteiger partial charge in [0.15, 0.2) is 0 Å². The van der Waals surface area contributed by atoms with E-state index in [1.807, 2.05) is 6.92 Å². The predicted octanol–water partition coefficient (Wildman–Crippen LogP) is 2.39. The van der Waals surface area contributed by atoms with Gasteiger partial charge in [-0.1, -0.05) is 30.7 Å². The molecule has 100 valence electrons. The first-order chi connectivity index (χ1) is 8.96. The number of hydrazone groups is 1. The maximum Gasteiger partial charge on any atom is 0.346 e. The Morgan fingerprint density at radius 3 is 2.53 bits per heavy atom. The lowest BCUT2D eigenvalue weighted by Gasteiger charge is -2.17. The van der Waals surface area contributed by atoms with Gasteiger partial charge < -0.3 is 5.32 Å². The van der Waals surface area contributed by atoms with Crippen LogP contribution in [0.4, 0.5) is 4.79 Å². The van der Waals surface area contributed by atoms with Crippen molar-refractivity contribution in [1.82, 2.24) is 10.3 Å². The van der Waals surface area contributed by atoms with Gasteiger partial charge in [-0.2, -0.15) is 5.10 Å². The summed E-state index contributed by atoms with van der Waals surface area (Å²) < 4.78 is 0. The molecule has 1 aromatic rings. The Balaban J connectivity index is 2.17. The first-order valence-corrected chi connectivity index (χ1v) is 6.30. The van der Waals surface area contributed by atoms with Crippen molar-refractivity contribution in [1.29, 1.82) is 0 Å². The Hall–Kier alpha value is -1.88. The quantitative estimate of drug-likeness (QED) is 0.682. The third kappa shape index (κ3) is 2.61. The molecule has 1 unspecified atom stereocenters. The summed E-state index contributed by atoms with van der Waals surface area (Å²) in [5.74, 6) is -0.342. The number of amides is 3. The predicted molar refractivity (Wildman–Crippen MR) is 73.1 cm³/mol. The minimum atomic E-state index is -0.867. The number of carbonyl (C=O) groups is 2. The average Bonchev–Trinajstić information content (AvgIpc) is 2.61. The van der Waals surface area contributed by atoms with Crippen molar-refractivity contribution in [3.8, 4) is 0 Å². The number of nitrogens with one attached hydrogen (secondary N) is 1. The van der Waals surface area contributed by atoms with Crippen LogP contribution in [0, 0.1) is 0 Å². The summed E-state index contributed by atoms with van der Waals surface area (Å²) in [6.45, 7) is 3.52. The monoisotopic (exact) mass is 279 g/mol. The zero-order valence-electron chi connectivity index (χ0n) is 10.7. The largest absolute Gasteiger partial charge is 0.346 e. The number of halogens is 1. The normalized spacial score (nSPS) is 23.2. The van der Waals surface area contributed by atoms with Gasteiger partial charge in [-0.25, -0.2) is 4.79 Å². The highest BCUT2D eigenvalue weighted by molar-refractivity contribution is 6.30. The second kappa shape index (κ2) is 5.01. The molecule has 1 N–H and O–H groups in total. The first kappa shape index (κ1) is 13.5. The lowest BCUT2D eigenvalue weighted by Crippen LogP contribution is -2.42. The number of carbonyl (C=O) groups excluding carboxylic acids is 2. The fourth-order valence-corrected chi connectivity index (χ4v) is 1.81. The molecule has 0 bridgehead atoms. The van der Waals surface area contributed by atoms with Crippen LogP contribution in [0.3, 0.4) is 0 Å². The maximum absolute atomic E-state index is 12.1. The minimum absolute atomic E-state index is 0.342. The van der Waals surface area contributed by atoms with Crippen LogP contribution >= 0.6 is 11.6 Å². The number of rotatable bonds is 3. The second-order valence-electron chi connectivity index (χ2n) is 4.53. The van der Waals surface area contributed by atoms with Gasteiger partial charge in [-0.05, 0) is 31.0 Å². The summed E-state index contributed by atoms with van der Waals surface area (Å²) in [6.07, 6.45) is 1.97. The van der Waals surface area contributed by atoms with Crippen LogP contribution in [-0.2, 0) is 4.79 Å². The number of hydrogen-bond donors (Lipinski definition) is 1. The molecular formula is C13H14ClN3O2. The Labute approximate surface area is 116 Å². The van der Waals surface area contributed by atoms with Crippen LogP contribution in [-0.4, -0.2) is 28.7 Å². The molecule has 2 rings (SSSR count). The van der Waals surface area contributed by atoms with Gasteiger partial charge in [0.2, 0.25) is 0 Å². The van der Waals surface area contributed by atoms with Gasteiger partial charge >= 0.3 is 6.03 Å². The van der Waals surface area contributed by atoms with E-state index in [9.17, 15) is 9.59 Å². The van der Waals surface area contributed by atoms with Crippen molar-refractivity contribution in [3.63, 3.8) is 0 Å². The summed E-state index contributed by atoms with van der Waals surface area (Å²) in [5.41, 5.74) is -0.107. The van der Waals surface area contributed by atoms with E-state index in [1.54, 1.807) is 31.2 Å². The molecule has 1 fully saturated rings. The van der Waals surface area contributed by atoms with E-state index in [2.05, 4.69) is 10.4 Å². The third-order valence-electron chi connectivity index (χ3n) is 3.14. The first-order valence-electron chi connectivity index (χ1n) is 5.92. The fourth-order valence-electron chi connectivity index (χ4n) is 1.69. The molecule has 5 nitrogen and oxygen atoms in total. The van der Waals surface area contributed by atoms with Crippen LogP contribution in [0.2, 0.25) is 5.02 Å². The van der Waals surface area contributed by atoms with Gasteiger partial charge in [-0.3, -0.25) is 4.79 Å². The smallest absolute Gasteiger partial charge is 0.322 e. The third-order valence-corrected chi connectivity index (χ3v) is 3.39. The lowest BCUT2D eigenvalue weighted by molar-refractivity contribution is -0.130. The highest BCUT2D eigenvalue weighted by atomic mass is 35.5. The van der Waals surface area contributed by atoms with Crippen LogP contribution < -0.4 is 5.32 Å². The Morgan fingerprint density at radius 1 is 1.37 bits per heavy atom. The zero-order valence-corrected chi connectivity index (χ0v) is 11.4. The van der Waals surface area contributed by atoms with E-state index in [0.29, 0.717) is 11.4 Å². The standard InChI is InChI=1S/C13H14ClN3O2/c1-3-13(2)11(18)17(12(19)16-13)15-8-9-4-6-10(14)7-5-9/h4-8H,3H2,1-2H3,(H,16,19)/b15-8+. The molecule has 0 radical (unpaired) electrons. The Bertz CT molecular complexity index is 541. The van der Waals surface area contributed by atoms with Crippen molar-refractivity contribution < 1.29 is 9.59 Å². The summed E-state index contributed by atoms with van der Waals surface area (Å²) in [5, 5.41) is 8.04. The molecule has 0 spiro atoms. The zero-order chi connectivity index (χ0) is 14.0. The highest BCUT2D eigenvalue weighted by Crippen LogP contribution is 2.20. The van der Waals surface area contributed by atoms with E-state index < -0.39 is 11.6 Å². The van der Waals surface area contributed by atoms with E-state index >= 15 is 0 Å². The van der Waals surface area contributed by atoms with E-state index in [0.717, 1.165) is 10.6 Å². The van der Waals surface area contributed by atoms with Crippen molar-refractivity contribution in [3.05, 3.63) is 34.9 Å². The van der Waals surface area contributed by atoms with Gasteiger partial charge in [0.1, 0.15) is 5.54 Å². The molecule has 3 amide bonds. The van der Waals surface area contributed by atoms with Crippen molar-refractivity contribution in [2.45, 2.75) is 25.8 Å². The van der Waals surface area contributed by atoms with E-state index in [4.69, 9.17) is 11.6 Å². The Kier molecular flexibility index (Phi) is 3.57. The topological polar surface area (TPSA) is 61.8 Å². The van der Waals surface area contributed by atoms with Crippen molar-refractivity contribution in [2.24, 2.45) is 5.10 Å². The van der Waals surface area contributed by atoms with Crippen LogP contribution in [0.15, 0.2) is 29.4 Å². The summed E-state index contributed by atoms with van der Waals surface area (Å²) in [4.78, 5) is 23.7. The minimum Gasteiger partial charge on any atom is -0.322 e. The fraction of sp³-hybridized carbons (Fsp3) is 0.308. The van der Waals surface area contributed by atoms with Crippen LogP contribution in [0.5, 0.6) is 0 Å². The molecule has 0 aliphatic carbocycles. The molecule has 0 saturated carbocycles. The van der Waals surface area contributed by atoms with Crippen LogP contribution in [0.1, 0.15) is 25.8 Å². The summed E-state index contributed by atoms with van der Waals surface area (Å²) in [6, 6.07) is 6.43. The second-order valence-corrected chi connectivity index (χ2v) is 4.97.